The number of urea groups is 1. The summed E-state index contributed by atoms with van der Waals surface area (Å²) in [5.41, 5.74) is 2.47. The number of para-hydroxylation sites is 1. The Hall–Kier alpha value is -4.08. The monoisotopic (exact) mass is 532 g/mol. The molecule has 1 atom stereocenters. The Labute approximate surface area is 225 Å². The zero-order valence-electron chi connectivity index (χ0n) is 21.0. The van der Waals surface area contributed by atoms with Gasteiger partial charge in [0.05, 0.1) is 24.9 Å². The zero-order chi connectivity index (χ0) is 26.7. The van der Waals surface area contributed by atoms with Gasteiger partial charge in [-0.05, 0) is 29.7 Å². The number of rotatable bonds is 11. The SMILES string of the molecule is COCCN(Cc1nc(C(=O)NC(Cc2ccccc2)c2ccccc2)cs1)C(=O)Nc1ccccc1F. The molecule has 1 unspecified atom stereocenters. The normalized spacial score (nSPS) is 11.5. The molecule has 0 fully saturated rings. The predicted octanol–water partition coefficient (Wildman–Crippen LogP) is 5.68. The molecule has 1 heterocycles. The Bertz CT molecular complexity index is 1330. The highest BCUT2D eigenvalue weighted by Crippen LogP contribution is 2.21. The summed E-state index contributed by atoms with van der Waals surface area (Å²) in [7, 11) is 1.54. The molecule has 0 aliphatic carbocycles. The molecule has 4 rings (SSSR count). The maximum atomic E-state index is 14.0. The Morgan fingerprint density at radius 3 is 2.39 bits per heavy atom. The summed E-state index contributed by atoms with van der Waals surface area (Å²) in [5, 5.41) is 7.96. The predicted molar refractivity (Wildman–Crippen MR) is 147 cm³/mol. The highest BCUT2D eigenvalue weighted by atomic mass is 32.1. The number of hydrogen-bond acceptors (Lipinski definition) is 5. The average molecular weight is 533 g/mol. The van der Waals surface area contributed by atoms with Crippen LogP contribution in [-0.4, -0.2) is 42.1 Å². The highest BCUT2D eigenvalue weighted by molar-refractivity contribution is 7.09. The van der Waals surface area contributed by atoms with Gasteiger partial charge in [0.1, 0.15) is 16.5 Å². The van der Waals surface area contributed by atoms with E-state index in [2.05, 4.69) is 15.6 Å². The molecular formula is C29H29FN4O3S. The quantitative estimate of drug-likeness (QED) is 0.261. The molecule has 7 nitrogen and oxygen atoms in total. The van der Waals surface area contributed by atoms with Crippen molar-refractivity contribution in [3.05, 3.63) is 118 Å². The number of thiazole rings is 1. The van der Waals surface area contributed by atoms with Gasteiger partial charge in [-0.1, -0.05) is 72.8 Å². The maximum absolute atomic E-state index is 14.0. The van der Waals surface area contributed by atoms with E-state index < -0.39 is 11.8 Å². The van der Waals surface area contributed by atoms with E-state index in [1.165, 1.54) is 35.5 Å². The van der Waals surface area contributed by atoms with Crippen LogP contribution in [0.1, 0.15) is 32.7 Å². The third kappa shape index (κ3) is 7.47. The van der Waals surface area contributed by atoms with Gasteiger partial charge in [0.2, 0.25) is 0 Å². The number of nitrogens with zero attached hydrogens (tertiary/aromatic N) is 2. The smallest absolute Gasteiger partial charge is 0.322 e. The first-order chi connectivity index (χ1) is 18.5. The fourth-order valence-electron chi connectivity index (χ4n) is 3.88. The van der Waals surface area contributed by atoms with Crippen molar-refractivity contribution in [2.75, 3.05) is 25.6 Å². The van der Waals surface area contributed by atoms with E-state index in [-0.39, 0.29) is 36.4 Å². The summed E-state index contributed by atoms with van der Waals surface area (Å²) in [4.78, 5) is 32.0. The van der Waals surface area contributed by atoms with Gasteiger partial charge in [0, 0.05) is 19.0 Å². The molecule has 0 aliphatic rings. The van der Waals surface area contributed by atoms with E-state index >= 15 is 0 Å². The van der Waals surface area contributed by atoms with E-state index in [1.807, 2.05) is 60.7 Å². The van der Waals surface area contributed by atoms with Gasteiger partial charge >= 0.3 is 6.03 Å². The first-order valence-corrected chi connectivity index (χ1v) is 13.0. The van der Waals surface area contributed by atoms with Gasteiger partial charge < -0.3 is 20.3 Å². The van der Waals surface area contributed by atoms with Crippen molar-refractivity contribution >= 4 is 29.0 Å². The number of hydrogen-bond donors (Lipinski definition) is 2. The summed E-state index contributed by atoms with van der Waals surface area (Å²) < 4.78 is 19.2. The average Bonchev–Trinajstić information content (AvgIpc) is 3.42. The minimum Gasteiger partial charge on any atom is -0.383 e. The van der Waals surface area contributed by atoms with Gasteiger partial charge in [-0.3, -0.25) is 4.79 Å². The lowest BCUT2D eigenvalue weighted by atomic mass is 9.99. The first kappa shape index (κ1) is 27.0. The molecule has 0 saturated heterocycles. The van der Waals surface area contributed by atoms with Crippen LogP contribution in [0.2, 0.25) is 0 Å². The van der Waals surface area contributed by atoms with Crippen LogP contribution in [-0.2, 0) is 17.7 Å². The molecule has 0 radical (unpaired) electrons. The Balaban J connectivity index is 1.45. The molecule has 0 aliphatic heterocycles. The molecule has 0 spiro atoms. The van der Waals surface area contributed by atoms with E-state index in [0.29, 0.717) is 18.0 Å². The Morgan fingerprint density at radius 1 is 1.00 bits per heavy atom. The third-order valence-corrected chi connectivity index (χ3v) is 6.70. The van der Waals surface area contributed by atoms with Crippen LogP contribution in [0.5, 0.6) is 0 Å². The summed E-state index contributed by atoms with van der Waals surface area (Å²) >= 11 is 1.28. The van der Waals surface area contributed by atoms with Crippen LogP contribution >= 0.6 is 11.3 Å². The number of anilines is 1. The Morgan fingerprint density at radius 2 is 1.68 bits per heavy atom. The minimum atomic E-state index is -0.524. The number of carbonyl (C=O) groups excluding carboxylic acids is 2. The number of ether oxygens (including phenoxy) is 1. The molecule has 2 N–H and O–H groups in total. The van der Waals surface area contributed by atoms with Crippen molar-refractivity contribution in [1.82, 2.24) is 15.2 Å². The van der Waals surface area contributed by atoms with Crippen LogP contribution in [0, 0.1) is 5.82 Å². The summed E-state index contributed by atoms with van der Waals surface area (Å²) in [5.74, 6) is -0.819. The molecule has 0 saturated carbocycles. The second kappa shape index (κ2) is 13.5. The lowest BCUT2D eigenvalue weighted by Gasteiger charge is -2.22. The minimum absolute atomic E-state index is 0.0875. The number of amides is 3. The molecular weight excluding hydrogens is 503 g/mol. The molecule has 3 aromatic carbocycles. The zero-order valence-corrected chi connectivity index (χ0v) is 21.8. The van der Waals surface area contributed by atoms with Crippen molar-refractivity contribution in [3.8, 4) is 0 Å². The van der Waals surface area contributed by atoms with Crippen LogP contribution in [0.3, 0.4) is 0 Å². The molecule has 0 bridgehead atoms. The molecule has 3 amide bonds. The molecule has 9 heteroatoms. The molecule has 38 heavy (non-hydrogen) atoms. The van der Waals surface area contributed by atoms with Gasteiger partial charge in [-0.25, -0.2) is 14.2 Å². The number of methoxy groups -OCH3 is 1. The van der Waals surface area contributed by atoms with Crippen molar-refractivity contribution in [2.45, 2.75) is 19.0 Å². The van der Waals surface area contributed by atoms with Crippen molar-refractivity contribution < 1.29 is 18.7 Å². The van der Waals surface area contributed by atoms with E-state index in [4.69, 9.17) is 4.74 Å². The topological polar surface area (TPSA) is 83.6 Å². The third-order valence-electron chi connectivity index (χ3n) is 5.87. The molecule has 4 aromatic rings. The lowest BCUT2D eigenvalue weighted by molar-refractivity contribution is 0.0932. The van der Waals surface area contributed by atoms with Crippen molar-refractivity contribution in [2.24, 2.45) is 0 Å². The number of carbonyl (C=O) groups is 2. The van der Waals surface area contributed by atoms with Crippen LogP contribution in [0.4, 0.5) is 14.9 Å². The summed E-state index contributed by atoms with van der Waals surface area (Å²) in [6, 6.07) is 25.0. The first-order valence-electron chi connectivity index (χ1n) is 12.2. The van der Waals surface area contributed by atoms with Gasteiger partial charge in [0.25, 0.3) is 5.91 Å². The number of aromatic nitrogens is 1. The molecule has 196 valence electrons. The van der Waals surface area contributed by atoms with Crippen LogP contribution < -0.4 is 10.6 Å². The van der Waals surface area contributed by atoms with Crippen molar-refractivity contribution in [3.63, 3.8) is 0 Å². The van der Waals surface area contributed by atoms with Crippen LogP contribution in [0.15, 0.2) is 90.3 Å². The largest absolute Gasteiger partial charge is 0.383 e. The van der Waals surface area contributed by atoms with Gasteiger partial charge in [-0.15, -0.1) is 11.3 Å². The van der Waals surface area contributed by atoms with Gasteiger partial charge in [0.15, 0.2) is 0 Å². The standard InChI is InChI=1S/C29H29FN4O3S/c1-37-17-16-34(29(36)33-24-15-9-8-14-23(24)30)19-27-31-26(20-38-27)28(35)32-25(22-12-6-3-7-13-22)18-21-10-4-2-5-11-21/h2-15,20,25H,16-19H2,1H3,(H,32,35)(H,33,36). The van der Waals surface area contributed by atoms with E-state index in [0.717, 1.165) is 11.1 Å². The number of benzene rings is 3. The Kier molecular flexibility index (Phi) is 9.55. The van der Waals surface area contributed by atoms with Crippen molar-refractivity contribution in [1.29, 1.82) is 0 Å². The summed E-state index contributed by atoms with van der Waals surface area (Å²) in [6.45, 7) is 0.709. The second-order valence-electron chi connectivity index (χ2n) is 8.58. The fraction of sp³-hybridized carbons (Fsp3) is 0.207. The van der Waals surface area contributed by atoms with E-state index in [1.54, 1.807) is 17.5 Å². The summed E-state index contributed by atoms with van der Waals surface area (Å²) in [6.07, 6.45) is 0.634. The highest BCUT2D eigenvalue weighted by Gasteiger charge is 2.21. The lowest BCUT2D eigenvalue weighted by Crippen LogP contribution is -2.37. The van der Waals surface area contributed by atoms with E-state index in [9.17, 15) is 14.0 Å². The number of nitrogens with one attached hydrogen (secondary N) is 2. The maximum Gasteiger partial charge on any atom is 0.322 e. The fourth-order valence-corrected chi connectivity index (χ4v) is 4.67. The molecule has 1 aromatic heterocycles. The number of halogens is 1. The second-order valence-corrected chi connectivity index (χ2v) is 9.52. The van der Waals surface area contributed by atoms with Crippen LogP contribution in [0.25, 0.3) is 0 Å². The van der Waals surface area contributed by atoms with Gasteiger partial charge in [-0.2, -0.15) is 0 Å².